The maximum absolute atomic E-state index is 12.6. The van der Waals surface area contributed by atoms with E-state index in [-0.39, 0.29) is 17.2 Å². The summed E-state index contributed by atoms with van der Waals surface area (Å²) in [5.74, 6) is -0.409. The lowest BCUT2D eigenvalue weighted by molar-refractivity contribution is 0.101. The molecule has 2 N–H and O–H groups in total. The molecule has 0 saturated heterocycles. The minimum absolute atomic E-state index is 0.0376. The lowest BCUT2D eigenvalue weighted by Gasteiger charge is -2.19. The first-order chi connectivity index (χ1) is 13.7. The number of amides is 2. The lowest BCUT2D eigenvalue weighted by Crippen LogP contribution is -2.15. The zero-order valence-corrected chi connectivity index (χ0v) is 18.2. The van der Waals surface area contributed by atoms with Crippen LogP contribution >= 0.6 is 15.9 Å². The average molecular weight is 451 g/mol. The number of hydrogen-bond acceptors (Lipinski definition) is 2. The fraction of sp³-hybridized carbons (Fsp3) is 0.167. The topological polar surface area (TPSA) is 58.2 Å². The highest BCUT2D eigenvalue weighted by molar-refractivity contribution is 9.10. The molecule has 3 aromatic carbocycles. The largest absolute Gasteiger partial charge is 0.322 e. The van der Waals surface area contributed by atoms with Crippen LogP contribution in [0.3, 0.4) is 0 Å². The SMILES string of the molecule is CC(C)(C)c1ccc(C(=O)Nc2cccc(NC(=O)c3cccc(Br)c3)c2)cc1. The summed E-state index contributed by atoms with van der Waals surface area (Å²) in [5, 5.41) is 5.73. The second kappa shape index (κ2) is 8.62. The number of nitrogens with one attached hydrogen (secondary N) is 2. The van der Waals surface area contributed by atoms with Gasteiger partial charge in [-0.3, -0.25) is 9.59 Å². The number of rotatable bonds is 4. The van der Waals surface area contributed by atoms with E-state index in [9.17, 15) is 9.59 Å². The van der Waals surface area contributed by atoms with Gasteiger partial charge in [0.2, 0.25) is 0 Å². The summed E-state index contributed by atoms with van der Waals surface area (Å²) in [6.07, 6.45) is 0. The highest BCUT2D eigenvalue weighted by Gasteiger charge is 2.14. The molecular formula is C24H23BrN2O2. The molecule has 0 saturated carbocycles. The average Bonchev–Trinajstić information content (AvgIpc) is 2.67. The molecule has 0 radical (unpaired) electrons. The molecule has 0 spiro atoms. The number of halogens is 1. The van der Waals surface area contributed by atoms with Crippen molar-refractivity contribution in [2.24, 2.45) is 0 Å². The van der Waals surface area contributed by atoms with Crippen LogP contribution in [0.2, 0.25) is 0 Å². The van der Waals surface area contributed by atoms with Crippen molar-refractivity contribution in [1.82, 2.24) is 0 Å². The van der Waals surface area contributed by atoms with Gasteiger partial charge in [0.15, 0.2) is 0 Å². The first-order valence-electron chi connectivity index (χ1n) is 9.31. The molecule has 0 fully saturated rings. The van der Waals surface area contributed by atoms with E-state index in [4.69, 9.17) is 0 Å². The Morgan fingerprint density at radius 3 is 1.83 bits per heavy atom. The van der Waals surface area contributed by atoms with Gasteiger partial charge in [0.25, 0.3) is 11.8 Å². The molecule has 2 amide bonds. The van der Waals surface area contributed by atoms with Crippen molar-refractivity contribution in [2.45, 2.75) is 26.2 Å². The van der Waals surface area contributed by atoms with Crippen molar-refractivity contribution in [3.63, 3.8) is 0 Å². The molecule has 0 aromatic heterocycles. The molecule has 148 valence electrons. The first-order valence-corrected chi connectivity index (χ1v) is 10.1. The van der Waals surface area contributed by atoms with Crippen LogP contribution in [0.4, 0.5) is 11.4 Å². The highest BCUT2D eigenvalue weighted by Crippen LogP contribution is 2.23. The Kier molecular flexibility index (Phi) is 6.18. The predicted molar refractivity (Wildman–Crippen MR) is 122 cm³/mol. The smallest absolute Gasteiger partial charge is 0.255 e. The summed E-state index contributed by atoms with van der Waals surface area (Å²) in [4.78, 5) is 25.0. The van der Waals surface area contributed by atoms with Gasteiger partial charge >= 0.3 is 0 Å². The van der Waals surface area contributed by atoms with Crippen LogP contribution in [-0.2, 0) is 5.41 Å². The number of benzene rings is 3. The van der Waals surface area contributed by atoms with Crippen molar-refractivity contribution in [1.29, 1.82) is 0 Å². The number of carbonyl (C=O) groups excluding carboxylic acids is 2. The number of anilines is 2. The molecule has 3 aromatic rings. The van der Waals surface area contributed by atoms with Gasteiger partial charge in [0, 0.05) is 27.0 Å². The molecule has 0 unspecified atom stereocenters. The van der Waals surface area contributed by atoms with Crippen molar-refractivity contribution < 1.29 is 9.59 Å². The maximum atomic E-state index is 12.6. The molecule has 0 aliphatic heterocycles. The van der Waals surface area contributed by atoms with Gasteiger partial charge < -0.3 is 10.6 Å². The lowest BCUT2D eigenvalue weighted by atomic mass is 9.87. The fourth-order valence-corrected chi connectivity index (χ4v) is 3.23. The minimum atomic E-state index is -0.215. The summed E-state index contributed by atoms with van der Waals surface area (Å²) < 4.78 is 0.837. The van der Waals surface area contributed by atoms with Gasteiger partial charge in [0.05, 0.1) is 0 Å². The zero-order valence-electron chi connectivity index (χ0n) is 16.6. The molecule has 4 nitrogen and oxygen atoms in total. The van der Waals surface area contributed by atoms with Crippen molar-refractivity contribution >= 4 is 39.1 Å². The normalized spacial score (nSPS) is 11.0. The predicted octanol–water partition coefficient (Wildman–Crippen LogP) is 6.25. The van der Waals surface area contributed by atoms with Crippen LogP contribution in [0.1, 0.15) is 47.1 Å². The van der Waals surface area contributed by atoms with Crippen molar-refractivity contribution in [3.05, 3.63) is 94.0 Å². The van der Waals surface area contributed by atoms with Crippen molar-refractivity contribution in [2.75, 3.05) is 10.6 Å². The molecular weight excluding hydrogens is 428 g/mol. The monoisotopic (exact) mass is 450 g/mol. The van der Waals surface area contributed by atoms with E-state index in [1.807, 2.05) is 30.3 Å². The van der Waals surface area contributed by atoms with Crippen LogP contribution in [0.25, 0.3) is 0 Å². The summed E-state index contributed by atoms with van der Waals surface area (Å²) in [6, 6.07) is 21.9. The van der Waals surface area contributed by atoms with Crippen LogP contribution in [-0.4, -0.2) is 11.8 Å². The van der Waals surface area contributed by atoms with E-state index in [0.29, 0.717) is 22.5 Å². The fourth-order valence-electron chi connectivity index (χ4n) is 2.83. The van der Waals surface area contributed by atoms with Gasteiger partial charge in [0.1, 0.15) is 0 Å². The van der Waals surface area contributed by atoms with Gasteiger partial charge in [-0.15, -0.1) is 0 Å². The zero-order chi connectivity index (χ0) is 21.0. The third kappa shape index (κ3) is 5.55. The van der Waals surface area contributed by atoms with E-state index in [2.05, 4.69) is 47.3 Å². The van der Waals surface area contributed by atoms with E-state index in [0.717, 1.165) is 4.47 Å². The molecule has 0 atom stereocenters. The van der Waals surface area contributed by atoms with Crippen LogP contribution in [0.5, 0.6) is 0 Å². The second-order valence-electron chi connectivity index (χ2n) is 7.83. The van der Waals surface area contributed by atoms with E-state index in [1.54, 1.807) is 42.5 Å². The number of carbonyl (C=O) groups is 2. The molecule has 3 rings (SSSR count). The van der Waals surface area contributed by atoms with Crippen LogP contribution < -0.4 is 10.6 Å². The van der Waals surface area contributed by atoms with E-state index >= 15 is 0 Å². The minimum Gasteiger partial charge on any atom is -0.322 e. The summed E-state index contributed by atoms with van der Waals surface area (Å²) in [5.41, 5.74) is 3.56. The molecule has 0 aliphatic carbocycles. The third-order valence-corrected chi connectivity index (χ3v) is 4.97. The summed E-state index contributed by atoms with van der Waals surface area (Å²) in [6.45, 7) is 6.40. The molecule has 0 bridgehead atoms. The Morgan fingerprint density at radius 2 is 1.28 bits per heavy atom. The van der Waals surface area contributed by atoms with Gasteiger partial charge in [-0.1, -0.05) is 61.0 Å². The Hall–Kier alpha value is -2.92. The Labute approximate surface area is 179 Å². The number of hydrogen-bond donors (Lipinski definition) is 2. The molecule has 0 heterocycles. The highest BCUT2D eigenvalue weighted by atomic mass is 79.9. The van der Waals surface area contributed by atoms with Gasteiger partial charge in [-0.05, 0) is 59.5 Å². The first kappa shape index (κ1) is 20.8. The standard InChI is InChI=1S/C24H23BrN2O2/c1-24(2,3)18-12-10-16(11-13-18)22(28)26-20-8-5-9-21(15-20)27-23(29)17-6-4-7-19(25)14-17/h4-15H,1-3H3,(H,26,28)(H,27,29). The summed E-state index contributed by atoms with van der Waals surface area (Å²) in [7, 11) is 0. The van der Waals surface area contributed by atoms with Gasteiger partial charge in [-0.2, -0.15) is 0 Å². The van der Waals surface area contributed by atoms with Gasteiger partial charge in [-0.25, -0.2) is 0 Å². The third-order valence-electron chi connectivity index (χ3n) is 4.48. The maximum Gasteiger partial charge on any atom is 0.255 e. The summed E-state index contributed by atoms with van der Waals surface area (Å²) >= 11 is 3.36. The van der Waals surface area contributed by atoms with E-state index < -0.39 is 0 Å². The van der Waals surface area contributed by atoms with E-state index in [1.165, 1.54) is 5.56 Å². The van der Waals surface area contributed by atoms with Crippen LogP contribution in [0, 0.1) is 0 Å². The van der Waals surface area contributed by atoms with Crippen molar-refractivity contribution in [3.8, 4) is 0 Å². The molecule has 5 heteroatoms. The Bertz CT molecular complexity index is 1040. The Balaban J connectivity index is 1.69. The second-order valence-corrected chi connectivity index (χ2v) is 8.74. The molecule has 29 heavy (non-hydrogen) atoms. The Morgan fingerprint density at radius 1 is 0.724 bits per heavy atom. The van der Waals surface area contributed by atoms with Crippen LogP contribution in [0.15, 0.2) is 77.3 Å². The quantitative estimate of drug-likeness (QED) is 0.493. The molecule has 0 aliphatic rings.